The number of aliphatic hydroxyl groups excluding tert-OH is 6. The van der Waals surface area contributed by atoms with Crippen molar-refractivity contribution in [2.75, 3.05) is 13.2 Å². The lowest BCUT2D eigenvalue weighted by molar-refractivity contribution is -0.376. The first-order valence-electron chi connectivity index (χ1n) is 9.23. The van der Waals surface area contributed by atoms with Gasteiger partial charge in [0.1, 0.15) is 62.0 Å². The Morgan fingerprint density at radius 1 is 0.677 bits per heavy atom. The standard InChI is InChI=1S/C18H26O13/c1-3-9(19)27-5-7-11(21)13(23)15(25)17(29-7)31-18-16(26)14(24)12(22)8(30-18)6-28-10(20)4-2/h3-4,7-8,11-18,21-26H,1-2,5-6H2/t7-,8-,11-,12-,13+,14+,15-,16-,17-,18-/m1/s1. The quantitative estimate of drug-likeness (QED) is 0.155. The van der Waals surface area contributed by atoms with Gasteiger partial charge in [-0.2, -0.15) is 0 Å². The third kappa shape index (κ3) is 6.06. The Morgan fingerprint density at radius 3 is 1.35 bits per heavy atom. The van der Waals surface area contributed by atoms with Crippen LogP contribution in [-0.4, -0.2) is 117 Å². The smallest absolute Gasteiger partial charge is 0.330 e. The minimum Gasteiger partial charge on any atom is -0.460 e. The lowest BCUT2D eigenvalue weighted by Crippen LogP contribution is -2.64. The van der Waals surface area contributed by atoms with Crippen LogP contribution in [0.3, 0.4) is 0 Å². The van der Waals surface area contributed by atoms with Crippen LogP contribution < -0.4 is 0 Å². The van der Waals surface area contributed by atoms with Crippen LogP contribution >= 0.6 is 0 Å². The Balaban J connectivity index is 2.07. The molecule has 0 amide bonds. The number of hydrogen-bond donors (Lipinski definition) is 6. The van der Waals surface area contributed by atoms with Crippen molar-refractivity contribution in [1.82, 2.24) is 0 Å². The summed E-state index contributed by atoms with van der Waals surface area (Å²) >= 11 is 0. The molecule has 0 radical (unpaired) electrons. The summed E-state index contributed by atoms with van der Waals surface area (Å²) in [6.45, 7) is 5.37. The zero-order valence-corrected chi connectivity index (χ0v) is 16.3. The van der Waals surface area contributed by atoms with Gasteiger partial charge in [0.15, 0.2) is 12.6 Å². The zero-order valence-electron chi connectivity index (χ0n) is 16.3. The molecule has 0 aromatic heterocycles. The largest absolute Gasteiger partial charge is 0.460 e. The van der Waals surface area contributed by atoms with E-state index in [0.29, 0.717) is 0 Å². The minimum absolute atomic E-state index is 0.523. The van der Waals surface area contributed by atoms with E-state index in [2.05, 4.69) is 13.2 Å². The van der Waals surface area contributed by atoms with Gasteiger partial charge in [0.25, 0.3) is 0 Å². The van der Waals surface area contributed by atoms with Gasteiger partial charge >= 0.3 is 11.9 Å². The first-order valence-corrected chi connectivity index (χ1v) is 9.23. The van der Waals surface area contributed by atoms with E-state index in [0.717, 1.165) is 12.2 Å². The molecule has 0 aliphatic carbocycles. The topological polar surface area (TPSA) is 202 Å². The van der Waals surface area contributed by atoms with Crippen LogP contribution in [0.25, 0.3) is 0 Å². The maximum atomic E-state index is 11.2. The molecule has 0 bridgehead atoms. The molecule has 0 saturated carbocycles. The summed E-state index contributed by atoms with van der Waals surface area (Å²) < 4.78 is 25.5. The number of hydrogen-bond acceptors (Lipinski definition) is 13. The van der Waals surface area contributed by atoms with Crippen LogP contribution in [0, 0.1) is 0 Å². The van der Waals surface area contributed by atoms with Crippen molar-refractivity contribution >= 4 is 11.9 Å². The second-order valence-electron chi connectivity index (χ2n) is 6.83. The number of carbonyl (C=O) groups excluding carboxylic acids is 2. The van der Waals surface area contributed by atoms with Gasteiger partial charge in [-0.3, -0.25) is 0 Å². The molecule has 0 unspecified atom stereocenters. The normalized spacial score (nSPS) is 40.6. The van der Waals surface area contributed by atoms with Crippen molar-refractivity contribution < 1.29 is 63.9 Å². The minimum atomic E-state index is -1.82. The molecular formula is C18H26O13. The van der Waals surface area contributed by atoms with Gasteiger partial charge in [-0.15, -0.1) is 0 Å². The van der Waals surface area contributed by atoms with Crippen LogP contribution in [0.5, 0.6) is 0 Å². The second-order valence-corrected chi connectivity index (χ2v) is 6.83. The summed E-state index contributed by atoms with van der Waals surface area (Å²) in [6, 6.07) is 0. The SMILES string of the molecule is C=CC(=O)OC[C@H]1O[C@H](O[C@H]2O[C@H](COC(=O)C=C)[C@@H](O)[C@H](O)[C@H]2O)[C@H](O)[C@@H](O)[C@@H]1O. The fraction of sp³-hybridized carbons (Fsp3) is 0.667. The predicted molar refractivity (Wildman–Crippen MR) is 96.8 cm³/mol. The third-order valence-corrected chi connectivity index (χ3v) is 4.72. The first kappa shape index (κ1) is 25.3. The van der Waals surface area contributed by atoms with Gasteiger partial charge in [-0.25, -0.2) is 9.59 Å². The average molecular weight is 450 g/mol. The number of carbonyl (C=O) groups is 2. The average Bonchev–Trinajstić information content (AvgIpc) is 2.77. The molecule has 10 atom stereocenters. The molecule has 6 N–H and O–H groups in total. The zero-order chi connectivity index (χ0) is 23.3. The third-order valence-electron chi connectivity index (χ3n) is 4.72. The molecule has 2 saturated heterocycles. The van der Waals surface area contributed by atoms with E-state index in [1.165, 1.54) is 0 Å². The summed E-state index contributed by atoms with van der Waals surface area (Å²) in [7, 11) is 0. The number of rotatable bonds is 8. The number of esters is 2. The molecule has 13 nitrogen and oxygen atoms in total. The predicted octanol–water partition coefficient (Wildman–Crippen LogP) is -3.92. The van der Waals surface area contributed by atoms with Crippen molar-refractivity contribution in [1.29, 1.82) is 0 Å². The molecule has 13 heteroatoms. The maximum absolute atomic E-state index is 11.2. The molecule has 2 aliphatic heterocycles. The number of ether oxygens (including phenoxy) is 5. The highest BCUT2D eigenvalue weighted by molar-refractivity contribution is 5.81. The maximum Gasteiger partial charge on any atom is 0.330 e. The van der Waals surface area contributed by atoms with Crippen LogP contribution in [0.2, 0.25) is 0 Å². The van der Waals surface area contributed by atoms with Crippen molar-refractivity contribution in [3.05, 3.63) is 25.3 Å². The Morgan fingerprint density at radius 2 is 1.03 bits per heavy atom. The molecular weight excluding hydrogens is 424 g/mol. The van der Waals surface area contributed by atoms with Crippen molar-refractivity contribution in [2.45, 2.75) is 61.4 Å². The van der Waals surface area contributed by atoms with Crippen molar-refractivity contribution in [2.24, 2.45) is 0 Å². The van der Waals surface area contributed by atoms with Gasteiger partial charge < -0.3 is 54.3 Å². The lowest BCUT2D eigenvalue weighted by Gasteiger charge is -2.44. The van der Waals surface area contributed by atoms with Crippen molar-refractivity contribution in [3.63, 3.8) is 0 Å². The van der Waals surface area contributed by atoms with Crippen LogP contribution in [0.15, 0.2) is 25.3 Å². The summed E-state index contributed by atoms with van der Waals surface area (Å²) in [5, 5.41) is 60.4. The van der Waals surface area contributed by atoms with E-state index in [1.807, 2.05) is 0 Å². The van der Waals surface area contributed by atoms with Gasteiger partial charge in [-0.1, -0.05) is 13.2 Å². The Bertz CT molecular complexity index is 600. The molecule has 176 valence electrons. The van der Waals surface area contributed by atoms with E-state index in [-0.39, 0.29) is 0 Å². The van der Waals surface area contributed by atoms with E-state index in [9.17, 15) is 40.2 Å². The second kappa shape index (κ2) is 11.1. The molecule has 0 aromatic carbocycles. The Labute approximate surface area is 176 Å². The van der Waals surface area contributed by atoms with E-state index >= 15 is 0 Å². The first-order chi connectivity index (χ1) is 14.6. The molecule has 2 aliphatic rings. The highest BCUT2D eigenvalue weighted by Crippen LogP contribution is 2.28. The van der Waals surface area contributed by atoms with Gasteiger partial charge in [0, 0.05) is 12.2 Å². The highest BCUT2D eigenvalue weighted by Gasteiger charge is 2.50. The summed E-state index contributed by atoms with van der Waals surface area (Å²) in [4.78, 5) is 22.4. The molecule has 0 spiro atoms. The van der Waals surface area contributed by atoms with Crippen LogP contribution in [-0.2, 0) is 33.3 Å². The summed E-state index contributed by atoms with van der Waals surface area (Å²) in [5.41, 5.74) is 0. The lowest BCUT2D eigenvalue weighted by atomic mass is 9.98. The van der Waals surface area contributed by atoms with E-state index in [4.69, 9.17) is 23.7 Å². The fourth-order valence-corrected chi connectivity index (χ4v) is 2.91. The Kier molecular flexibility index (Phi) is 9.05. The van der Waals surface area contributed by atoms with Gasteiger partial charge in [0.05, 0.1) is 0 Å². The fourth-order valence-electron chi connectivity index (χ4n) is 2.91. The van der Waals surface area contributed by atoms with Gasteiger partial charge in [-0.05, 0) is 0 Å². The molecule has 31 heavy (non-hydrogen) atoms. The molecule has 2 fully saturated rings. The molecule has 2 rings (SSSR count). The highest BCUT2D eigenvalue weighted by atomic mass is 16.8. The Hall–Kier alpha value is -1.94. The van der Waals surface area contributed by atoms with Crippen LogP contribution in [0.4, 0.5) is 0 Å². The van der Waals surface area contributed by atoms with Gasteiger partial charge in [0.2, 0.25) is 0 Å². The number of aliphatic hydroxyl groups is 6. The van der Waals surface area contributed by atoms with Crippen molar-refractivity contribution in [3.8, 4) is 0 Å². The van der Waals surface area contributed by atoms with E-state index < -0.39 is 86.6 Å². The van der Waals surface area contributed by atoms with E-state index in [1.54, 1.807) is 0 Å². The molecule has 0 aromatic rings. The monoisotopic (exact) mass is 450 g/mol. The summed E-state index contributed by atoms with van der Waals surface area (Å²) in [6.07, 6.45) is -14.8. The summed E-state index contributed by atoms with van der Waals surface area (Å²) in [5.74, 6) is -1.65. The molecule has 2 heterocycles. The van der Waals surface area contributed by atoms with Crippen LogP contribution in [0.1, 0.15) is 0 Å².